The van der Waals surface area contributed by atoms with E-state index < -0.39 is 6.04 Å². The molecule has 0 saturated heterocycles. The van der Waals surface area contributed by atoms with Gasteiger partial charge in [0.1, 0.15) is 5.75 Å². The largest absolute Gasteiger partial charge is 0.424 e. The number of nitrogens with two attached hydrogens (primary N) is 1. The average molecular weight is 351 g/mol. The van der Waals surface area contributed by atoms with Gasteiger partial charge in [0.05, 0.1) is 6.04 Å². The van der Waals surface area contributed by atoms with Gasteiger partial charge in [-0.1, -0.05) is 20.8 Å². The van der Waals surface area contributed by atoms with Crippen LogP contribution in [0.4, 0.5) is 5.69 Å². The first-order valence-electron chi connectivity index (χ1n) is 7.39. The number of anilines is 1. The molecule has 6 nitrogen and oxygen atoms in total. The molecule has 0 aliphatic heterocycles. The van der Waals surface area contributed by atoms with Gasteiger partial charge in [0.25, 0.3) is 0 Å². The Morgan fingerprint density at radius 2 is 1.88 bits per heavy atom. The van der Waals surface area contributed by atoms with Crippen molar-refractivity contribution in [3.8, 4) is 11.8 Å². The monoisotopic (exact) mass is 350 g/mol. The fourth-order valence-corrected chi connectivity index (χ4v) is 1.89. The van der Waals surface area contributed by atoms with Crippen molar-refractivity contribution in [2.24, 2.45) is 11.1 Å². The average Bonchev–Trinajstić information content (AvgIpc) is 2.49. The van der Waals surface area contributed by atoms with E-state index in [1.54, 1.807) is 30.6 Å². The third-order valence-corrected chi connectivity index (χ3v) is 3.42. The van der Waals surface area contributed by atoms with E-state index in [-0.39, 0.29) is 29.7 Å². The minimum atomic E-state index is -0.587. The van der Waals surface area contributed by atoms with Gasteiger partial charge in [0, 0.05) is 18.1 Å². The predicted molar refractivity (Wildman–Crippen MR) is 96.6 cm³/mol. The molecule has 0 aliphatic carbocycles. The highest BCUT2D eigenvalue weighted by molar-refractivity contribution is 5.95. The van der Waals surface area contributed by atoms with Gasteiger partial charge in [-0.15, -0.1) is 12.4 Å². The van der Waals surface area contributed by atoms with Gasteiger partial charge in [0.2, 0.25) is 5.91 Å². The summed E-state index contributed by atoms with van der Waals surface area (Å²) in [6.45, 7) is 7.68. The van der Waals surface area contributed by atoms with Crippen LogP contribution in [-0.4, -0.2) is 21.9 Å². The molecule has 0 radical (unpaired) electrons. The number of benzene rings is 1. The molecule has 0 unspecified atom stereocenters. The molecule has 1 heterocycles. The van der Waals surface area contributed by atoms with Crippen molar-refractivity contribution in [2.45, 2.75) is 33.7 Å². The quantitative estimate of drug-likeness (QED) is 0.882. The van der Waals surface area contributed by atoms with Crippen molar-refractivity contribution in [1.82, 2.24) is 9.97 Å². The van der Waals surface area contributed by atoms with Crippen LogP contribution in [0.2, 0.25) is 0 Å². The molecule has 7 heteroatoms. The second-order valence-electron chi connectivity index (χ2n) is 6.44. The van der Waals surface area contributed by atoms with Gasteiger partial charge in [-0.2, -0.15) is 0 Å². The third-order valence-electron chi connectivity index (χ3n) is 3.42. The molecule has 2 aromatic rings. The molecule has 1 aromatic heterocycles. The van der Waals surface area contributed by atoms with Crippen molar-refractivity contribution >= 4 is 24.0 Å². The van der Waals surface area contributed by atoms with E-state index in [9.17, 15) is 4.79 Å². The lowest BCUT2D eigenvalue weighted by Crippen LogP contribution is -2.45. The van der Waals surface area contributed by atoms with E-state index in [0.29, 0.717) is 11.4 Å². The van der Waals surface area contributed by atoms with Crippen LogP contribution < -0.4 is 15.8 Å². The normalized spacial score (nSPS) is 12.0. The molecular formula is C17H23ClN4O2. The topological polar surface area (TPSA) is 90.1 Å². The predicted octanol–water partition coefficient (Wildman–Crippen LogP) is 3.31. The van der Waals surface area contributed by atoms with E-state index in [2.05, 4.69) is 15.3 Å². The van der Waals surface area contributed by atoms with Crippen LogP contribution in [0, 0.1) is 12.3 Å². The summed E-state index contributed by atoms with van der Waals surface area (Å²) in [5, 5.41) is 2.86. The first kappa shape index (κ1) is 19.9. The maximum atomic E-state index is 12.2. The Bertz CT molecular complexity index is 687. The molecule has 3 N–H and O–H groups in total. The number of aryl methyl sites for hydroxylation is 1. The highest BCUT2D eigenvalue weighted by Crippen LogP contribution is 2.25. The summed E-state index contributed by atoms with van der Waals surface area (Å²) in [5.41, 5.74) is 7.24. The zero-order valence-electron chi connectivity index (χ0n) is 14.2. The lowest BCUT2D eigenvalue weighted by molar-refractivity contribution is -0.119. The van der Waals surface area contributed by atoms with Gasteiger partial charge >= 0.3 is 6.01 Å². The standard InChI is InChI=1S/C17H22N4O2.ClH/c1-11-10-12(23-16-19-8-5-9-20-16)6-7-13(11)21-15(22)14(18)17(2,3)4;/h5-10,14H,18H2,1-4H3,(H,21,22);1H/t14-;/m1./s1. The van der Waals surface area contributed by atoms with E-state index in [1.165, 1.54) is 0 Å². The summed E-state index contributed by atoms with van der Waals surface area (Å²) in [7, 11) is 0. The maximum absolute atomic E-state index is 12.2. The first-order chi connectivity index (χ1) is 10.8. The molecule has 0 spiro atoms. The van der Waals surface area contributed by atoms with Crippen LogP contribution in [0.3, 0.4) is 0 Å². The minimum absolute atomic E-state index is 0. The second-order valence-corrected chi connectivity index (χ2v) is 6.44. The summed E-state index contributed by atoms with van der Waals surface area (Å²) >= 11 is 0. The zero-order chi connectivity index (χ0) is 17.0. The van der Waals surface area contributed by atoms with Crippen molar-refractivity contribution in [3.63, 3.8) is 0 Å². The number of nitrogens with zero attached hydrogens (tertiary/aromatic N) is 2. The summed E-state index contributed by atoms with van der Waals surface area (Å²) < 4.78 is 5.56. The summed E-state index contributed by atoms with van der Waals surface area (Å²) in [6.07, 6.45) is 3.22. The second kappa shape index (κ2) is 8.08. The molecule has 0 aliphatic rings. The van der Waals surface area contributed by atoms with Gasteiger partial charge in [-0.3, -0.25) is 4.79 Å². The number of carbonyl (C=O) groups excluding carboxylic acids is 1. The molecule has 2 rings (SSSR count). The number of aromatic nitrogens is 2. The Balaban J connectivity index is 0.00000288. The highest BCUT2D eigenvalue weighted by atomic mass is 35.5. The minimum Gasteiger partial charge on any atom is -0.424 e. The Morgan fingerprint density at radius 1 is 1.25 bits per heavy atom. The lowest BCUT2D eigenvalue weighted by Gasteiger charge is -2.26. The van der Waals surface area contributed by atoms with Crippen LogP contribution in [0.25, 0.3) is 0 Å². The van der Waals surface area contributed by atoms with Crippen LogP contribution in [-0.2, 0) is 4.79 Å². The number of amides is 1. The first-order valence-corrected chi connectivity index (χ1v) is 7.39. The van der Waals surface area contributed by atoms with Crippen molar-refractivity contribution in [3.05, 3.63) is 42.2 Å². The summed E-state index contributed by atoms with van der Waals surface area (Å²) in [4.78, 5) is 20.2. The molecule has 1 amide bonds. The van der Waals surface area contributed by atoms with Crippen molar-refractivity contribution in [2.75, 3.05) is 5.32 Å². The molecule has 0 fully saturated rings. The van der Waals surface area contributed by atoms with Crippen LogP contribution in [0.15, 0.2) is 36.7 Å². The molecule has 130 valence electrons. The van der Waals surface area contributed by atoms with E-state index in [1.807, 2.05) is 33.8 Å². The number of hydrogen-bond acceptors (Lipinski definition) is 5. The molecular weight excluding hydrogens is 328 g/mol. The Labute approximate surface area is 148 Å². The highest BCUT2D eigenvalue weighted by Gasteiger charge is 2.27. The van der Waals surface area contributed by atoms with Crippen LogP contribution in [0.1, 0.15) is 26.3 Å². The number of halogens is 1. The van der Waals surface area contributed by atoms with E-state index in [0.717, 1.165) is 5.56 Å². The maximum Gasteiger partial charge on any atom is 0.321 e. The fourth-order valence-electron chi connectivity index (χ4n) is 1.89. The van der Waals surface area contributed by atoms with Crippen molar-refractivity contribution in [1.29, 1.82) is 0 Å². The molecule has 24 heavy (non-hydrogen) atoms. The fraction of sp³-hybridized carbons (Fsp3) is 0.353. The SMILES string of the molecule is Cc1cc(Oc2ncccn2)ccc1NC(=O)[C@@H](N)C(C)(C)C.Cl. The molecule has 1 aromatic carbocycles. The third kappa shape index (κ3) is 5.18. The van der Waals surface area contributed by atoms with E-state index >= 15 is 0 Å². The lowest BCUT2D eigenvalue weighted by atomic mass is 9.87. The molecule has 1 atom stereocenters. The summed E-state index contributed by atoms with van der Waals surface area (Å²) in [6, 6.07) is 6.75. The summed E-state index contributed by atoms with van der Waals surface area (Å²) in [5.74, 6) is 0.396. The van der Waals surface area contributed by atoms with Gasteiger partial charge < -0.3 is 15.8 Å². The van der Waals surface area contributed by atoms with Gasteiger partial charge in [-0.25, -0.2) is 9.97 Å². The Morgan fingerprint density at radius 3 is 2.42 bits per heavy atom. The van der Waals surface area contributed by atoms with Crippen LogP contribution >= 0.6 is 12.4 Å². The van der Waals surface area contributed by atoms with Gasteiger partial charge in [-0.05, 0) is 42.2 Å². The van der Waals surface area contributed by atoms with Crippen molar-refractivity contribution < 1.29 is 9.53 Å². The Hall–Kier alpha value is -2.18. The molecule has 0 bridgehead atoms. The number of nitrogens with one attached hydrogen (secondary N) is 1. The zero-order valence-corrected chi connectivity index (χ0v) is 15.1. The molecule has 0 saturated carbocycles. The Kier molecular flexibility index (Phi) is 6.69. The van der Waals surface area contributed by atoms with Crippen LogP contribution in [0.5, 0.6) is 11.8 Å². The number of ether oxygens (including phenoxy) is 1. The smallest absolute Gasteiger partial charge is 0.321 e. The van der Waals surface area contributed by atoms with E-state index in [4.69, 9.17) is 10.5 Å². The van der Waals surface area contributed by atoms with Gasteiger partial charge in [0.15, 0.2) is 0 Å². The number of hydrogen-bond donors (Lipinski definition) is 2. The number of carbonyl (C=O) groups is 1. The number of rotatable bonds is 4.